The maximum Gasteiger partial charge on any atom is 0.00131 e. The van der Waals surface area contributed by atoms with Crippen molar-refractivity contribution in [2.75, 3.05) is 0 Å². The molecule has 2 N–H and O–H groups in total. The molecule has 1 aliphatic rings. The van der Waals surface area contributed by atoms with E-state index < -0.39 is 0 Å². The van der Waals surface area contributed by atoms with E-state index in [1.54, 1.807) is 0 Å². The van der Waals surface area contributed by atoms with E-state index in [4.69, 9.17) is 5.73 Å². The van der Waals surface area contributed by atoms with Gasteiger partial charge in [0.1, 0.15) is 0 Å². The van der Waals surface area contributed by atoms with E-state index in [0.717, 1.165) is 24.2 Å². The van der Waals surface area contributed by atoms with Crippen LogP contribution in [0.15, 0.2) is 12.2 Å². The molecule has 0 heterocycles. The van der Waals surface area contributed by atoms with Crippen molar-refractivity contribution in [3.05, 3.63) is 12.2 Å². The minimum Gasteiger partial charge on any atom is -0.328 e. The molecule has 0 bridgehead atoms. The van der Waals surface area contributed by atoms with Gasteiger partial charge < -0.3 is 5.73 Å². The molecule has 0 saturated carbocycles. The van der Waals surface area contributed by atoms with Crippen molar-refractivity contribution >= 4 is 0 Å². The highest BCUT2D eigenvalue weighted by molar-refractivity contribution is 4.92. The number of hydrogen-bond donors (Lipinski definition) is 1. The first-order valence-electron chi connectivity index (χ1n) is 8.03. The Kier molecular flexibility index (Phi) is 7.65. The zero-order valence-electron chi connectivity index (χ0n) is 12.7. The summed E-state index contributed by atoms with van der Waals surface area (Å²) in [5.41, 5.74) is 5.94. The predicted octanol–water partition coefficient (Wildman–Crippen LogP) is 4.91. The van der Waals surface area contributed by atoms with Gasteiger partial charge >= 0.3 is 0 Å². The monoisotopic (exact) mass is 251 g/mol. The maximum absolute atomic E-state index is 5.94. The normalized spacial score (nSPS) is 29.2. The number of allylic oxidation sites excluding steroid dienone is 2. The highest BCUT2D eigenvalue weighted by Gasteiger charge is 2.21. The second-order valence-corrected chi connectivity index (χ2v) is 6.49. The minimum atomic E-state index is 0.339. The summed E-state index contributed by atoms with van der Waals surface area (Å²) in [6, 6.07) is 0.339. The van der Waals surface area contributed by atoms with Gasteiger partial charge in [-0.1, -0.05) is 51.7 Å². The van der Waals surface area contributed by atoms with Crippen molar-refractivity contribution in [3.63, 3.8) is 0 Å². The standard InChI is InChI=1S/C17H33N/c1-14(13-15(2)18)16(3)17-11-9-7-5-4-6-8-10-12-17/h9,11,14-17H,4-8,10,12-13,18H2,1-3H3/b11-9-. The van der Waals surface area contributed by atoms with Gasteiger partial charge in [0, 0.05) is 6.04 Å². The van der Waals surface area contributed by atoms with Gasteiger partial charge in [-0.05, 0) is 50.4 Å². The van der Waals surface area contributed by atoms with Crippen LogP contribution < -0.4 is 5.73 Å². The number of rotatable bonds is 4. The Morgan fingerprint density at radius 1 is 1.06 bits per heavy atom. The fraction of sp³-hybridized carbons (Fsp3) is 0.882. The molecular weight excluding hydrogens is 218 g/mol. The van der Waals surface area contributed by atoms with Crippen LogP contribution in [-0.2, 0) is 0 Å². The predicted molar refractivity (Wildman–Crippen MR) is 81.5 cm³/mol. The van der Waals surface area contributed by atoms with Gasteiger partial charge in [0.2, 0.25) is 0 Å². The van der Waals surface area contributed by atoms with Gasteiger partial charge in [-0.25, -0.2) is 0 Å². The lowest BCUT2D eigenvalue weighted by molar-refractivity contribution is 0.262. The first-order valence-corrected chi connectivity index (χ1v) is 8.03. The van der Waals surface area contributed by atoms with Crippen LogP contribution >= 0.6 is 0 Å². The van der Waals surface area contributed by atoms with E-state index in [2.05, 4.69) is 32.9 Å². The lowest BCUT2D eigenvalue weighted by Crippen LogP contribution is -2.25. The SMILES string of the molecule is CC(N)CC(C)C(C)C1/C=C\CCCCCCC1. The second-order valence-electron chi connectivity index (χ2n) is 6.49. The fourth-order valence-corrected chi connectivity index (χ4v) is 3.20. The van der Waals surface area contributed by atoms with Gasteiger partial charge in [-0.3, -0.25) is 0 Å². The van der Waals surface area contributed by atoms with E-state index in [0.29, 0.717) is 6.04 Å². The van der Waals surface area contributed by atoms with Crippen molar-refractivity contribution in [3.8, 4) is 0 Å². The van der Waals surface area contributed by atoms with Gasteiger partial charge in [0.25, 0.3) is 0 Å². The molecule has 106 valence electrons. The number of nitrogens with two attached hydrogens (primary N) is 1. The smallest absolute Gasteiger partial charge is 0.00131 e. The first kappa shape index (κ1) is 15.8. The Morgan fingerprint density at radius 2 is 1.72 bits per heavy atom. The first-order chi connectivity index (χ1) is 8.61. The molecule has 0 spiro atoms. The largest absolute Gasteiger partial charge is 0.328 e. The molecule has 0 aromatic carbocycles. The average molecular weight is 251 g/mol. The molecule has 0 amide bonds. The van der Waals surface area contributed by atoms with E-state index in [-0.39, 0.29) is 0 Å². The molecule has 0 radical (unpaired) electrons. The molecule has 4 atom stereocenters. The summed E-state index contributed by atoms with van der Waals surface area (Å²) >= 11 is 0. The lowest BCUT2D eigenvalue weighted by atomic mass is 9.78. The Morgan fingerprint density at radius 3 is 2.44 bits per heavy atom. The van der Waals surface area contributed by atoms with Crippen LogP contribution in [0, 0.1) is 17.8 Å². The molecule has 18 heavy (non-hydrogen) atoms. The van der Waals surface area contributed by atoms with Crippen molar-refractivity contribution in [2.45, 2.75) is 78.2 Å². The van der Waals surface area contributed by atoms with E-state index in [9.17, 15) is 0 Å². The summed E-state index contributed by atoms with van der Waals surface area (Å²) in [4.78, 5) is 0. The number of hydrogen-bond acceptors (Lipinski definition) is 1. The fourth-order valence-electron chi connectivity index (χ4n) is 3.20. The molecule has 4 unspecified atom stereocenters. The van der Waals surface area contributed by atoms with Crippen molar-refractivity contribution in [1.29, 1.82) is 0 Å². The minimum absolute atomic E-state index is 0.339. The molecule has 0 aliphatic heterocycles. The lowest BCUT2D eigenvalue weighted by Gasteiger charge is -2.28. The van der Waals surface area contributed by atoms with Crippen LogP contribution in [0.5, 0.6) is 0 Å². The molecule has 1 rings (SSSR count). The summed E-state index contributed by atoms with van der Waals surface area (Å²) in [6.07, 6.45) is 15.8. The summed E-state index contributed by atoms with van der Waals surface area (Å²) in [7, 11) is 0. The molecule has 0 fully saturated rings. The van der Waals surface area contributed by atoms with Gasteiger partial charge in [0.15, 0.2) is 0 Å². The van der Waals surface area contributed by atoms with Crippen LogP contribution in [0.1, 0.15) is 72.1 Å². The average Bonchev–Trinajstić information content (AvgIpc) is 2.34. The Labute approximate surface area is 114 Å². The van der Waals surface area contributed by atoms with Crippen LogP contribution in [0.2, 0.25) is 0 Å². The van der Waals surface area contributed by atoms with Gasteiger partial charge in [0.05, 0.1) is 0 Å². The Hall–Kier alpha value is -0.300. The molecule has 0 aromatic heterocycles. The quantitative estimate of drug-likeness (QED) is 0.706. The Balaban J connectivity index is 2.52. The summed E-state index contributed by atoms with van der Waals surface area (Å²) in [6.45, 7) is 6.93. The molecular formula is C17H33N. The maximum atomic E-state index is 5.94. The van der Waals surface area contributed by atoms with E-state index in [1.165, 1.54) is 44.9 Å². The van der Waals surface area contributed by atoms with Crippen LogP contribution in [0.4, 0.5) is 0 Å². The van der Waals surface area contributed by atoms with Crippen LogP contribution in [-0.4, -0.2) is 6.04 Å². The molecule has 1 heteroatoms. The third kappa shape index (κ3) is 6.04. The molecule has 1 aliphatic carbocycles. The highest BCUT2D eigenvalue weighted by Crippen LogP contribution is 2.30. The van der Waals surface area contributed by atoms with Crippen molar-refractivity contribution in [2.24, 2.45) is 23.5 Å². The van der Waals surface area contributed by atoms with Crippen molar-refractivity contribution in [1.82, 2.24) is 0 Å². The van der Waals surface area contributed by atoms with Crippen LogP contribution in [0.3, 0.4) is 0 Å². The highest BCUT2D eigenvalue weighted by atomic mass is 14.6. The topological polar surface area (TPSA) is 26.0 Å². The van der Waals surface area contributed by atoms with E-state index >= 15 is 0 Å². The summed E-state index contributed by atoms with van der Waals surface area (Å²) in [5.74, 6) is 2.28. The molecule has 0 saturated heterocycles. The van der Waals surface area contributed by atoms with Crippen LogP contribution in [0.25, 0.3) is 0 Å². The van der Waals surface area contributed by atoms with E-state index in [1.807, 2.05) is 0 Å². The molecule has 0 aromatic rings. The second kappa shape index (κ2) is 8.74. The third-order valence-electron chi connectivity index (χ3n) is 4.61. The Bertz CT molecular complexity index is 232. The van der Waals surface area contributed by atoms with Gasteiger partial charge in [-0.15, -0.1) is 0 Å². The van der Waals surface area contributed by atoms with Crippen molar-refractivity contribution < 1.29 is 0 Å². The van der Waals surface area contributed by atoms with Gasteiger partial charge in [-0.2, -0.15) is 0 Å². The summed E-state index contributed by atoms with van der Waals surface area (Å²) in [5, 5.41) is 0. The zero-order valence-corrected chi connectivity index (χ0v) is 12.7. The molecule has 1 nitrogen and oxygen atoms in total. The zero-order chi connectivity index (χ0) is 13.4. The summed E-state index contributed by atoms with van der Waals surface area (Å²) < 4.78 is 0. The third-order valence-corrected chi connectivity index (χ3v) is 4.61.